The van der Waals surface area contributed by atoms with Crippen LogP contribution in [0.4, 0.5) is 5.82 Å². The first kappa shape index (κ1) is 17.4. The van der Waals surface area contributed by atoms with Gasteiger partial charge in [0.05, 0.1) is 11.5 Å². The standard InChI is InChI=1S/C20H30N6O/c1-24-10-7-20(12-24)6-2-8-25(13-20)11-15-3-4-17(27-15)26-9-5-16-18(21)22-14-23-19(16)26/h5,9,14-15,17H,2-4,6-8,10-13H2,1H3,(H2,21,22,23). The molecule has 2 aromatic rings. The first-order chi connectivity index (χ1) is 13.1. The van der Waals surface area contributed by atoms with Gasteiger partial charge in [-0.1, -0.05) is 0 Å². The number of hydrogen-bond donors (Lipinski definition) is 1. The predicted octanol–water partition coefficient (Wildman–Crippen LogP) is 2.11. The van der Waals surface area contributed by atoms with Crippen molar-refractivity contribution in [2.24, 2.45) is 5.41 Å². The zero-order valence-corrected chi connectivity index (χ0v) is 16.2. The molecule has 7 heteroatoms. The van der Waals surface area contributed by atoms with Crippen molar-refractivity contribution in [3.05, 3.63) is 18.6 Å². The number of ether oxygens (including phenoxy) is 1. The van der Waals surface area contributed by atoms with Crippen LogP contribution in [0.5, 0.6) is 0 Å². The molecular formula is C20H30N6O. The molecular weight excluding hydrogens is 340 g/mol. The quantitative estimate of drug-likeness (QED) is 0.892. The SMILES string of the molecule is CN1CCC2(CCCN(CC3CCC(n4ccc5c(N)ncnc54)O3)C2)C1. The van der Waals surface area contributed by atoms with E-state index < -0.39 is 0 Å². The molecule has 3 aliphatic heterocycles. The van der Waals surface area contributed by atoms with E-state index in [9.17, 15) is 0 Å². The maximum absolute atomic E-state index is 6.44. The summed E-state index contributed by atoms with van der Waals surface area (Å²) in [5.41, 5.74) is 7.37. The number of anilines is 1. The highest BCUT2D eigenvalue weighted by Crippen LogP contribution is 2.39. The van der Waals surface area contributed by atoms with E-state index in [-0.39, 0.29) is 6.23 Å². The Hall–Kier alpha value is -1.70. The van der Waals surface area contributed by atoms with Crippen molar-refractivity contribution in [1.29, 1.82) is 0 Å². The van der Waals surface area contributed by atoms with Gasteiger partial charge in [0.1, 0.15) is 24.0 Å². The Morgan fingerprint density at radius 1 is 1.22 bits per heavy atom. The molecule has 27 heavy (non-hydrogen) atoms. The molecule has 5 rings (SSSR count). The van der Waals surface area contributed by atoms with Gasteiger partial charge >= 0.3 is 0 Å². The van der Waals surface area contributed by atoms with Crippen LogP contribution in [-0.2, 0) is 4.74 Å². The molecule has 3 saturated heterocycles. The van der Waals surface area contributed by atoms with Crippen LogP contribution in [0.1, 0.15) is 38.3 Å². The summed E-state index contributed by atoms with van der Waals surface area (Å²) >= 11 is 0. The summed E-state index contributed by atoms with van der Waals surface area (Å²) in [5, 5.41) is 0.910. The number of hydrogen-bond acceptors (Lipinski definition) is 6. The minimum absolute atomic E-state index is 0.0539. The summed E-state index contributed by atoms with van der Waals surface area (Å²) in [5.74, 6) is 0.536. The van der Waals surface area contributed by atoms with Crippen molar-refractivity contribution in [3.63, 3.8) is 0 Å². The van der Waals surface area contributed by atoms with Gasteiger partial charge in [0.25, 0.3) is 0 Å². The van der Waals surface area contributed by atoms with Gasteiger partial charge in [-0.2, -0.15) is 0 Å². The minimum Gasteiger partial charge on any atom is -0.383 e. The Bertz CT molecular complexity index is 818. The second-order valence-corrected chi connectivity index (χ2v) is 8.84. The van der Waals surface area contributed by atoms with Crippen molar-refractivity contribution in [3.8, 4) is 0 Å². The summed E-state index contributed by atoms with van der Waals surface area (Å²) < 4.78 is 8.56. The molecule has 0 radical (unpaired) electrons. The normalized spacial score (nSPS) is 32.8. The number of nitrogens with two attached hydrogens (primary N) is 1. The maximum atomic E-state index is 6.44. The van der Waals surface area contributed by atoms with Crippen molar-refractivity contribution in [1.82, 2.24) is 24.3 Å². The average molecular weight is 371 g/mol. The molecule has 0 saturated carbocycles. The van der Waals surface area contributed by atoms with Crippen LogP contribution in [-0.4, -0.2) is 70.2 Å². The van der Waals surface area contributed by atoms with E-state index in [4.69, 9.17) is 10.5 Å². The molecule has 0 aliphatic carbocycles. The number of piperidine rings is 1. The van der Waals surface area contributed by atoms with Gasteiger partial charge in [-0.3, -0.25) is 0 Å². The smallest absolute Gasteiger partial charge is 0.147 e. The molecule has 1 spiro atoms. The molecule has 2 aromatic heterocycles. The van der Waals surface area contributed by atoms with E-state index in [1.54, 1.807) is 0 Å². The zero-order chi connectivity index (χ0) is 18.4. The van der Waals surface area contributed by atoms with Crippen LogP contribution in [0.25, 0.3) is 11.0 Å². The fourth-order valence-corrected chi connectivity index (χ4v) is 5.49. The van der Waals surface area contributed by atoms with Crippen LogP contribution in [0, 0.1) is 5.41 Å². The third kappa shape index (κ3) is 3.22. The van der Waals surface area contributed by atoms with Gasteiger partial charge in [-0.05, 0) is 63.7 Å². The van der Waals surface area contributed by atoms with E-state index >= 15 is 0 Å². The van der Waals surface area contributed by atoms with Gasteiger partial charge in [0.2, 0.25) is 0 Å². The van der Waals surface area contributed by atoms with Crippen molar-refractivity contribution in [2.75, 3.05) is 45.5 Å². The summed E-state index contributed by atoms with van der Waals surface area (Å²) in [4.78, 5) is 13.7. The molecule has 0 amide bonds. The zero-order valence-electron chi connectivity index (χ0n) is 16.2. The van der Waals surface area contributed by atoms with Gasteiger partial charge < -0.3 is 24.8 Å². The molecule has 7 nitrogen and oxygen atoms in total. The van der Waals surface area contributed by atoms with Gasteiger partial charge in [-0.25, -0.2) is 9.97 Å². The summed E-state index contributed by atoms with van der Waals surface area (Å²) in [6, 6.07) is 1.99. The number of nitrogens with zero attached hydrogens (tertiary/aromatic N) is 5. The highest BCUT2D eigenvalue weighted by molar-refractivity contribution is 5.86. The van der Waals surface area contributed by atoms with E-state index in [1.165, 1.54) is 51.8 Å². The highest BCUT2D eigenvalue weighted by atomic mass is 16.5. The molecule has 2 N–H and O–H groups in total. The summed E-state index contributed by atoms with van der Waals surface area (Å²) in [6.45, 7) is 6.01. The molecule has 3 atom stereocenters. The second-order valence-electron chi connectivity index (χ2n) is 8.84. The minimum atomic E-state index is 0.0539. The van der Waals surface area contributed by atoms with Gasteiger partial charge in [0, 0.05) is 25.8 Å². The van der Waals surface area contributed by atoms with Crippen molar-refractivity contribution in [2.45, 2.75) is 44.4 Å². The Kier molecular flexibility index (Phi) is 4.33. The second kappa shape index (κ2) is 6.72. The molecule has 3 aliphatic rings. The van der Waals surface area contributed by atoms with Crippen molar-refractivity contribution < 1.29 is 4.74 Å². The lowest BCUT2D eigenvalue weighted by atomic mass is 9.79. The van der Waals surface area contributed by atoms with Crippen LogP contribution in [0.15, 0.2) is 18.6 Å². The third-order valence-corrected chi connectivity index (χ3v) is 6.77. The highest BCUT2D eigenvalue weighted by Gasteiger charge is 2.41. The largest absolute Gasteiger partial charge is 0.383 e. The summed E-state index contributed by atoms with van der Waals surface area (Å²) in [6.07, 6.45) is 10.1. The van der Waals surface area contributed by atoms with E-state index in [0.29, 0.717) is 17.3 Å². The predicted molar refractivity (Wildman–Crippen MR) is 105 cm³/mol. The first-order valence-electron chi connectivity index (χ1n) is 10.3. The molecule has 0 aromatic carbocycles. The topological polar surface area (TPSA) is 72.4 Å². The Morgan fingerprint density at radius 2 is 2.15 bits per heavy atom. The molecule has 3 unspecified atom stereocenters. The monoisotopic (exact) mass is 370 g/mol. The number of fused-ring (bicyclic) bond motifs is 1. The van der Waals surface area contributed by atoms with Crippen LogP contribution in [0.2, 0.25) is 0 Å². The van der Waals surface area contributed by atoms with E-state index in [1.807, 2.05) is 12.3 Å². The Morgan fingerprint density at radius 3 is 3.00 bits per heavy atom. The Labute approximate surface area is 160 Å². The van der Waals surface area contributed by atoms with Crippen LogP contribution in [0.3, 0.4) is 0 Å². The fraction of sp³-hybridized carbons (Fsp3) is 0.700. The van der Waals surface area contributed by atoms with Crippen LogP contribution >= 0.6 is 0 Å². The lowest BCUT2D eigenvalue weighted by molar-refractivity contribution is -0.0235. The Balaban J connectivity index is 1.24. The fourth-order valence-electron chi connectivity index (χ4n) is 5.49. The molecule has 5 heterocycles. The van der Waals surface area contributed by atoms with Gasteiger partial charge in [-0.15, -0.1) is 0 Å². The van der Waals surface area contributed by atoms with E-state index in [0.717, 1.165) is 30.4 Å². The van der Waals surface area contributed by atoms with Crippen molar-refractivity contribution >= 4 is 16.9 Å². The third-order valence-electron chi connectivity index (χ3n) is 6.77. The number of rotatable bonds is 3. The lowest BCUT2D eigenvalue weighted by Crippen LogP contribution is -2.47. The lowest BCUT2D eigenvalue weighted by Gasteiger charge is -2.41. The van der Waals surface area contributed by atoms with Crippen LogP contribution < -0.4 is 5.73 Å². The number of likely N-dealkylation sites (tertiary alicyclic amines) is 2. The maximum Gasteiger partial charge on any atom is 0.147 e. The number of nitrogen functional groups attached to an aromatic ring is 1. The molecule has 3 fully saturated rings. The summed E-state index contributed by atoms with van der Waals surface area (Å²) in [7, 11) is 2.26. The number of aromatic nitrogens is 3. The first-order valence-corrected chi connectivity index (χ1v) is 10.3. The average Bonchev–Trinajstić information content (AvgIpc) is 3.35. The molecule has 146 valence electrons. The van der Waals surface area contributed by atoms with Gasteiger partial charge in [0.15, 0.2) is 0 Å². The van der Waals surface area contributed by atoms with E-state index in [2.05, 4.69) is 31.4 Å². The molecule has 0 bridgehead atoms.